The van der Waals surface area contributed by atoms with E-state index in [1.165, 1.54) is 0 Å². The van der Waals surface area contributed by atoms with Gasteiger partial charge in [-0.1, -0.05) is 0 Å². The molecule has 137 valence electrons. The molecule has 0 fully saturated rings. The summed E-state index contributed by atoms with van der Waals surface area (Å²) < 4.78 is 78.3. The molecule has 1 unspecified atom stereocenters. The molecule has 9 heteroatoms. The van der Waals surface area contributed by atoms with Crippen molar-refractivity contribution >= 4 is 6.08 Å². The van der Waals surface area contributed by atoms with Gasteiger partial charge in [0, 0.05) is 0 Å². The van der Waals surface area contributed by atoms with Gasteiger partial charge in [0.1, 0.15) is 0 Å². The molecule has 0 saturated carbocycles. The van der Waals surface area contributed by atoms with Crippen molar-refractivity contribution in [2.75, 3.05) is 0 Å². The Labute approximate surface area is 173 Å². The molecule has 0 aliphatic heterocycles. The van der Waals surface area contributed by atoms with Crippen LogP contribution in [-0.2, 0) is 36.7 Å². The van der Waals surface area contributed by atoms with E-state index < -0.39 is 23.5 Å². The van der Waals surface area contributed by atoms with Crippen LogP contribution < -0.4 is 24.8 Å². The van der Waals surface area contributed by atoms with E-state index >= 15 is 0 Å². The number of alkyl halides is 6. The summed E-state index contributed by atoms with van der Waals surface area (Å²) in [7, 11) is 0. The number of halogens is 8. The third-order valence-corrected chi connectivity index (χ3v) is 5.64. The maximum Gasteiger partial charge on any atom is -1.00 e. The van der Waals surface area contributed by atoms with Crippen molar-refractivity contribution in [2.24, 2.45) is 0 Å². The first-order valence-corrected chi connectivity index (χ1v) is 8.97. The Morgan fingerprint density at radius 2 is 1.35 bits per heavy atom. The van der Waals surface area contributed by atoms with Crippen molar-refractivity contribution in [2.45, 2.75) is 16.0 Å². The average molecular weight is 577 g/mol. The molecule has 0 amide bonds. The molecule has 2 aromatic carbocycles. The van der Waals surface area contributed by atoms with Crippen molar-refractivity contribution in [1.82, 2.24) is 0 Å². The SMILES string of the molecule is FC(F)(F)c1cc(-c2cccc3c2C=C[CH]3[Hf+2])cc(C(F)(F)F)c1.[Cl-].[Cl-]. The molecule has 0 heterocycles. The fraction of sp³-hybridized carbons (Fsp3) is 0.176. The van der Waals surface area contributed by atoms with Crippen molar-refractivity contribution in [3.05, 3.63) is 64.7 Å². The molecule has 3 rings (SSSR count). The van der Waals surface area contributed by atoms with Crippen LogP contribution in [0.4, 0.5) is 26.3 Å². The molecule has 1 aliphatic carbocycles. The number of rotatable bonds is 1. The summed E-state index contributed by atoms with van der Waals surface area (Å²) in [6.07, 6.45) is -5.98. The molecule has 26 heavy (non-hydrogen) atoms. The van der Waals surface area contributed by atoms with Crippen LogP contribution in [0.5, 0.6) is 0 Å². The molecule has 0 nitrogen and oxygen atoms in total. The Morgan fingerprint density at radius 3 is 1.85 bits per heavy atom. The Morgan fingerprint density at radius 1 is 0.808 bits per heavy atom. The molecular formula is C17H9Cl2F6Hf. The van der Waals surface area contributed by atoms with Crippen LogP contribution in [-0.4, -0.2) is 0 Å². The number of hydrogen-bond acceptors (Lipinski definition) is 0. The average Bonchev–Trinajstić information content (AvgIpc) is 2.87. The van der Waals surface area contributed by atoms with E-state index in [4.69, 9.17) is 0 Å². The Bertz CT molecular complexity index is 795. The van der Waals surface area contributed by atoms with E-state index in [9.17, 15) is 26.3 Å². The van der Waals surface area contributed by atoms with Crippen molar-refractivity contribution in [1.29, 1.82) is 0 Å². The van der Waals surface area contributed by atoms with Crippen LogP contribution in [0, 0.1) is 0 Å². The second-order valence-corrected chi connectivity index (χ2v) is 7.67. The zero-order valence-electron chi connectivity index (χ0n) is 12.7. The first-order chi connectivity index (χ1) is 11.1. The van der Waals surface area contributed by atoms with Gasteiger partial charge in [-0.15, -0.1) is 0 Å². The van der Waals surface area contributed by atoms with Crippen LogP contribution in [0.1, 0.15) is 25.9 Å². The normalized spacial score (nSPS) is 15.9. The summed E-state index contributed by atoms with van der Waals surface area (Å²) >= 11 is 0.825. The zero-order chi connectivity index (χ0) is 17.7. The molecule has 0 radical (unpaired) electrons. The number of allylic oxidation sites excluding steroid dienone is 1. The Hall–Kier alpha value is -0.790. The molecular weight excluding hydrogens is 568 g/mol. The minimum Gasteiger partial charge on any atom is -1.00 e. The van der Waals surface area contributed by atoms with Crippen LogP contribution >= 0.6 is 0 Å². The number of fused-ring (bicyclic) bond motifs is 1. The standard InChI is InChI=1S/C17H9F6.2ClH.Hf/c18-16(19,20)12-7-11(8-13(9-12)17(21,22)23)15-6-2-4-10-3-1-5-14(10)15;;;/h1-9H;2*1H;/q;;;+2/p-2. The Balaban J connectivity index is 0.00000169. The van der Waals surface area contributed by atoms with Crippen molar-refractivity contribution in [3.8, 4) is 11.1 Å². The summed E-state index contributed by atoms with van der Waals surface area (Å²) in [5.74, 6) is 0. The van der Waals surface area contributed by atoms with Crippen LogP contribution in [0.3, 0.4) is 0 Å². The molecule has 1 aliphatic rings. The monoisotopic (exact) mass is 577 g/mol. The summed E-state index contributed by atoms with van der Waals surface area (Å²) in [4.78, 5) is 0. The molecule has 1 atom stereocenters. The van der Waals surface area contributed by atoms with Gasteiger partial charge in [0.25, 0.3) is 0 Å². The van der Waals surface area contributed by atoms with Crippen molar-refractivity contribution < 1.29 is 75.5 Å². The van der Waals surface area contributed by atoms with E-state index in [0.717, 1.165) is 42.1 Å². The third-order valence-electron chi connectivity index (χ3n) is 3.83. The van der Waals surface area contributed by atoms with Gasteiger partial charge in [-0.3, -0.25) is 0 Å². The first-order valence-electron chi connectivity index (χ1n) is 6.89. The van der Waals surface area contributed by atoms with E-state index in [2.05, 4.69) is 0 Å². The van der Waals surface area contributed by atoms with Gasteiger partial charge in [0.2, 0.25) is 0 Å². The summed E-state index contributed by atoms with van der Waals surface area (Å²) in [5.41, 5.74) is -0.633. The van der Waals surface area contributed by atoms with Crippen LogP contribution in [0.25, 0.3) is 17.2 Å². The van der Waals surface area contributed by atoms with Gasteiger partial charge < -0.3 is 24.8 Å². The van der Waals surface area contributed by atoms with Gasteiger partial charge in [0.15, 0.2) is 0 Å². The topological polar surface area (TPSA) is 0 Å². The number of hydrogen-bond donors (Lipinski definition) is 0. The van der Waals surface area contributed by atoms with Crippen LogP contribution in [0.15, 0.2) is 42.5 Å². The zero-order valence-corrected chi connectivity index (χ0v) is 17.8. The largest absolute Gasteiger partial charge is 1.00 e. The maximum atomic E-state index is 13.0. The second-order valence-electron chi connectivity index (χ2n) is 5.44. The third kappa shape index (κ3) is 4.54. The minimum absolute atomic E-state index is 0. The van der Waals surface area contributed by atoms with E-state index in [0.29, 0.717) is 11.1 Å². The van der Waals surface area contributed by atoms with E-state index in [1.807, 2.05) is 12.1 Å². The molecule has 0 aromatic heterocycles. The molecule has 2 aromatic rings. The van der Waals surface area contributed by atoms with Gasteiger partial charge in [-0.2, -0.15) is 0 Å². The molecule has 0 saturated heterocycles. The summed E-state index contributed by atoms with van der Waals surface area (Å²) in [6, 6.07) is 6.78. The molecule has 0 spiro atoms. The first kappa shape index (κ1) is 23.2. The predicted octanol–water partition coefficient (Wildman–Crippen LogP) is 0.0139. The molecule has 0 N–H and O–H groups in total. The minimum atomic E-state index is -4.84. The predicted molar refractivity (Wildman–Crippen MR) is 73.7 cm³/mol. The van der Waals surface area contributed by atoms with E-state index in [-0.39, 0.29) is 40.1 Å². The van der Waals surface area contributed by atoms with Crippen molar-refractivity contribution in [3.63, 3.8) is 0 Å². The summed E-state index contributed by atoms with van der Waals surface area (Å²) in [6.45, 7) is 0. The van der Waals surface area contributed by atoms with Crippen LogP contribution in [0.2, 0.25) is 0 Å². The van der Waals surface area contributed by atoms with Gasteiger partial charge >= 0.3 is 149 Å². The van der Waals surface area contributed by atoms with Gasteiger partial charge in [0.05, 0.1) is 0 Å². The Kier molecular flexibility index (Phi) is 7.21. The van der Waals surface area contributed by atoms with Gasteiger partial charge in [-0.25, -0.2) is 0 Å². The number of benzene rings is 2. The fourth-order valence-corrected chi connectivity index (χ4v) is 3.95. The fourth-order valence-electron chi connectivity index (χ4n) is 2.70. The quantitative estimate of drug-likeness (QED) is 0.332. The van der Waals surface area contributed by atoms with Gasteiger partial charge in [-0.05, 0) is 0 Å². The molecule has 0 bridgehead atoms. The maximum absolute atomic E-state index is 13.0. The smallest absolute Gasteiger partial charge is 1.00 e. The summed E-state index contributed by atoms with van der Waals surface area (Å²) in [5, 5.41) is 0. The second kappa shape index (κ2) is 8.07. The van der Waals surface area contributed by atoms with E-state index in [1.54, 1.807) is 18.2 Å².